The second kappa shape index (κ2) is 592. The Morgan fingerprint density at radius 1 is 0.229 bits per heavy atom. The van der Waals surface area contributed by atoms with Gasteiger partial charge in [0.15, 0.2) is 0 Å². The number of rotatable bonds is 7. The van der Waals surface area contributed by atoms with Gasteiger partial charge in [-0.2, -0.15) is 0 Å². The summed E-state index contributed by atoms with van der Waals surface area (Å²) in [6.07, 6.45) is 9.14. The summed E-state index contributed by atoms with van der Waals surface area (Å²) in [6.45, 7) is 80.9. The van der Waals surface area contributed by atoms with Gasteiger partial charge < -0.3 is 123 Å². The van der Waals surface area contributed by atoms with Crippen molar-refractivity contribution in [3.63, 3.8) is 0 Å². The van der Waals surface area contributed by atoms with Crippen molar-refractivity contribution < 1.29 is 62.1 Å². The van der Waals surface area contributed by atoms with Gasteiger partial charge in [-0.15, -0.1) is 0 Å². The van der Waals surface area contributed by atoms with E-state index in [1.807, 2.05) is 88.5 Å². The van der Waals surface area contributed by atoms with Crippen LogP contribution in [0.1, 0.15) is 236 Å². The second-order valence-corrected chi connectivity index (χ2v) is 14.7. The average Bonchev–Trinajstić information content (AvgIpc) is 3.53. The van der Waals surface area contributed by atoms with E-state index in [1.54, 1.807) is 6.92 Å². The van der Waals surface area contributed by atoms with Crippen molar-refractivity contribution in [1.29, 1.82) is 0 Å². The van der Waals surface area contributed by atoms with Crippen molar-refractivity contribution in [2.24, 2.45) is 81.7 Å². The Balaban J connectivity index is -0.00000000959. The zero-order chi connectivity index (χ0) is 72.3. The van der Waals surface area contributed by atoms with Crippen molar-refractivity contribution in [2.75, 3.05) is 48.9 Å². The number of carbonyl (C=O) groups is 11. The molecule has 83 heavy (non-hydrogen) atoms. The molecule has 0 unspecified atom stereocenters. The predicted octanol–water partition coefficient (Wildman–Crippen LogP) is 14.0. The second-order valence-electron chi connectivity index (χ2n) is 14.7. The molecule has 0 bridgehead atoms. The molecular formula is C60H179N11O12. The summed E-state index contributed by atoms with van der Waals surface area (Å²) in [4.78, 5) is 88.0. The summed E-state index contributed by atoms with van der Waals surface area (Å²) in [5, 5.41) is 7.57. The molecular weight excluding hydrogens is 1070 g/mol. The normalized spacial score (nSPS) is 5.73. The Hall–Kier alpha value is -4.11. The van der Waals surface area contributed by atoms with Crippen LogP contribution < -0.4 is 65.2 Å². The van der Waals surface area contributed by atoms with Gasteiger partial charge in [0, 0.05) is 10.9 Å². The smallest absolute Gasteiger partial charge is 0.106 e. The molecule has 0 aromatic carbocycles. The number of hydrogen-bond donors (Lipinski definition) is 12. The first-order valence-corrected chi connectivity index (χ1v) is 26.3. The van der Waals surface area contributed by atoms with Gasteiger partial charge in [0.1, 0.15) is 74.7 Å². The molecule has 0 fully saturated rings. The monoisotopic (exact) mass is 1250 g/mol. The van der Waals surface area contributed by atoms with Crippen LogP contribution in [0.4, 0.5) is 0 Å². The summed E-state index contributed by atoms with van der Waals surface area (Å²) >= 11 is 0. The van der Waals surface area contributed by atoms with Gasteiger partial charge in [-0.05, 0) is 96.6 Å². The van der Waals surface area contributed by atoms with Crippen molar-refractivity contribution in [1.82, 2.24) is 30.8 Å². The molecule has 0 heterocycles. The van der Waals surface area contributed by atoms with Crippen molar-refractivity contribution >= 4 is 74.7 Å². The fourth-order valence-electron chi connectivity index (χ4n) is 0. The average molecular weight is 1250 g/mol. The van der Waals surface area contributed by atoms with Crippen LogP contribution in [0.25, 0.3) is 0 Å². The van der Waals surface area contributed by atoms with E-state index in [0.29, 0.717) is 0 Å². The lowest BCUT2D eigenvalue weighted by atomic mass is 10.2. The highest BCUT2D eigenvalue weighted by Crippen LogP contribution is 1.96. The first-order valence-electron chi connectivity index (χ1n) is 26.3. The molecule has 0 saturated carbocycles. The van der Waals surface area contributed by atoms with Crippen molar-refractivity contribution in [3.8, 4) is 0 Å². The maximum Gasteiger partial charge on any atom is 0.106 e. The highest BCUT2D eigenvalue weighted by Gasteiger charge is 1.82. The SMILES string of the molecule is C=O.C=O.C=O.C=O.C=O.C=O.C=O.C=O.C=O.C=O.C=O.CC.CC(C)C.CCC(C)C.CCC(C)C.CCC(C)C.CCC(C)C.CCC(C)C.CCC(C)C.CCC(C)C.CCO.CN.CN.CN.CN.CN.CN.N.N.N.N.N.[HH].[HH].[HH]. The topological polar surface area (TPSA) is 539 Å². The van der Waals surface area contributed by atoms with E-state index < -0.39 is 0 Å². The van der Waals surface area contributed by atoms with Crippen LogP contribution >= 0.6 is 0 Å². The van der Waals surface area contributed by atoms with E-state index >= 15 is 0 Å². The molecule has 0 saturated heterocycles. The summed E-state index contributed by atoms with van der Waals surface area (Å²) in [5.41, 5.74) is 27.0. The third-order valence-electron chi connectivity index (χ3n) is 5.72. The van der Waals surface area contributed by atoms with Crippen LogP contribution in [-0.2, 0) is 52.7 Å². The van der Waals surface area contributed by atoms with Gasteiger partial charge >= 0.3 is 0 Å². The molecule has 0 aromatic rings. The van der Waals surface area contributed by atoms with Crippen molar-refractivity contribution in [3.05, 3.63) is 0 Å². The number of carbonyl (C=O) groups excluding carboxylic acids is 11. The molecule has 23 heteroatoms. The molecule has 0 aliphatic rings. The van der Waals surface area contributed by atoms with E-state index in [0.717, 1.165) is 47.3 Å². The summed E-state index contributed by atoms with van der Waals surface area (Å²) in [5.74, 6) is 7.02. The maximum absolute atomic E-state index is 8.00. The molecule has 0 radical (unpaired) electrons. The van der Waals surface area contributed by atoms with Crippen molar-refractivity contribution in [2.45, 2.75) is 232 Å². The fraction of sp³-hybridized carbons (Fsp3) is 0.817. The lowest BCUT2D eigenvalue weighted by Gasteiger charge is -1.90. The standard InChI is InChI=1S/7C5H12.C4H10.C2H6O.C2H6.6CH5N.11CH2O.5H3N.3H2/c7*1-4-5(2)3;1-4(2)3;1-2-3;18*1-2;;;;;;;;/h7*5H,4H2,1-3H3;4H,1-3H3;3H,2H2,1H3;1-2H3;6*2H2,1H3;11*1H2;5*1H3;3*1H. The quantitative estimate of drug-likeness (QED) is 0.113. The molecule has 0 amide bonds. The van der Waals surface area contributed by atoms with Gasteiger partial charge in [0.2, 0.25) is 0 Å². The van der Waals surface area contributed by atoms with E-state index in [4.69, 9.17) is 57.8 Å². The predicted molar refractivity (Wildman–Crippen MR) is 391 cm³/mol. The number of hydrogen-bond acceptors (Lipinski definition) is 23. The van der Waals surface area contributed by atoms with Crippen LogP contribution in [-0.4, -0.2) is 129 Å². The number of aliphatic hydroxyl groups excluding tert-OH is 1. The van der Waals surface area contributed by atoms with E-state index in [-0.39, 0.29) is 41.6 Å². The Morgan fingerprint density at radius 2 is 0.241 bits per heavy atom. The van der Waals surface area contributed by atoms with Crippen LogP contribution in [0.3, 0.4) is 0 Å². The molecule has 0 rings (SSSR count). The van der Waals surface area contributed by atoms with Crippen LogP contribution in [0.2, 0.25) is 0 Å². The van der Waals surface area contributed by atoms with Gasteiger partial charge in [0.25, 0.3) is 0 Å². The minimum atomic E-state index is 0. The highest BCUT2D eigenvalue weighted by atomic mass is 16.2. The lowest BCUT2D eigenvalue weighted by Crippen LogP contribution is -1.77. The number of aliphatic hydroxyl groups is 1. The Labute approximate surface area is 528 Å². The largest absolute Gasteiger partial charge is 0.397 e. The van der Waals surface area contributed by atoms with E-state index in [9.17, 15) is 0 Å². The van der Waals surface area contributed by atoms with Gasteiger partial charge in [0.05, 0.1) is 0 Å². The summed E-state index contributed by atoms with van der Waals surface area (Å²) < 4.78 is 0. The van der Waals surface area contributed by atoms with Crippen LogP contribution in [0.15, 0.2) is 0 Å². The number of nitrogens with two attached hydrogens (primary N) is 6. The third kappa shape index (κ3) is 4590. The minimum absolute atomic E-state index is 0. The molecule has 23 nitrogen and oxygen atoms in total. The maximum atomic E-state index is 8.00. The summed E-state index contributed by atoms with van der Waals surface area (Å²) in [7, 11) is 9.00. The fourth-order valence-corrected chi connectivity index (χ4v) is 0. The molecule has 0 aliphatic carbocycles. The van der Waals surface area contributed by atoms with Gasteiger partial charge in [-0.25, -0.2) is 0 Å². The summed E-state index contributed by atoms with van der Waals surface area (Å²) in [6, 6.07) is 0. The van der Waals surface area contributed by atoms with Crippen LogP contribution in [0.5, 0.6) is 0 Å². The Morgan fingerprint density at radius 3 is 0.241 bits per heavy atom. The highest BCUT2D eigenvalue weighted by molar-refractivity contribution is 5.12. The van der Waals surface area contributed by atoms with Crippen LogP contribution in [0, 0.1) is 47.3 Å². The van der Waals surface area contributed by atoms with E-state index in [1.165, 1.54) is 87.2 Å². The molecule has 0 aromatic heterocycles. The van der Waals surface area contributed by atoms with E-state index in [2.05, 4.69) is 201 Å². The first kappa shape index (κ1) is 218. The molecule has 546 valence electrons. The molecule has 0 atom stereocenters. The molecule has 0 spiro atoms. The molecule has 0 aliphatic heterocycles. The lowest BCUT2D eigenvalue weighted by molar-refractivity contribution is -0.0987. The Bertz CT molecular complexity index is 444. The van der Waals surface area contributed by atoms with Gasteiger partial charge in [-0.1, -0.05) is 225 Å². The zero-order valence-corrected chi connectivity index (χ0v) is 63.0. The van der Waals surface area contributed by atoms with Gasteiger partial charge in [-0.3, -0.25) is 0 Å². The minimum Gasteiger partial charge on any atom is -0.397 e. The third-order valence-corrected chi connectivity index (χ3v) is 5.72. The molecule has 28 N–H and O–H groups in total. The Kier molecular flexibility index (Phi) is 1550. The zero-order valence-electron chi connectivity index (χ0n) is 63.0. The first-order chi connectivity index (χ1) is 37.0.